The van der Waals surface area contributed by atoms with Crippen molar-refractivity contribution in [2.75, 3.05) is 0 Å². The van der Waals surface area contributed by atoms with Crippen LogP contribution < -0.4 is 4.72 Å². The van der Waals surface area contributed by atoms with Gasteiger partial charge in [0, 0.05) is 0 Å². The molecule has 4 aromatic rings. The highest BCUT2D eigenvalue weighted by molar-refractivity contribution is 7.90. The molecule has 1 atom stereocenters. The number of hydrogen-bond acceptors (Lipinski definition) is 6. The lowest BCUT2D eigenvalue weighted by Gasteiger charge is -2.20. The second-order valence-electron chi connectivity index (χ2n) is 9.44. The summed E-state index contributed by atoms with van der Waals surface area (Å²) in [6.45, 7) is 8.15. The standard InChI is InChI=1S/C26H27N3O3S2/c1-17-7-5-6-8-18(17)15-22(19-9-14-23-24(16-19)28-33-27-23)25(30)29-34(31,32)21-12-10-20(11-13-21)26(2,3)4/h5-14,16,22H,15H2,1-4H3,(H,29,30). The molecule has 0 aliphatic carbocycles. The molecule has 0 fully saturated rings. The Morgan fingerprint density at radius 2 is 1.65 bits per heavy atom. The van der Waals surface area contributed by atoms with E-state index in [-0.39, 0.29) is 10.3 Å². The molecule has 0 aliphatic heterocycles. The van der Waals surface area contributed by atoms with E-state index in [4.69, 9.17) is 0 Å². The molecule has 3 aromatic carbocycles. The zero-order valence-corrected chi connectivity index (χ0v) is 21.2. The highest BCUT2D eigenvalue weighted by Crippen LogP contribution is 2.27. The lowest BCUT2D eigenvalue weighted by atomic mass is 9.87. The molecule has 4 rings (SSSR count). The van der Waals surface area contributed by atoms with Gasteiger partial charge in [-0.05, 0) is 65.3 Å². The number of aromatic nitrogens is 2. The van der Waals surface area contributed by atoms with E-state index in [9.17, 15) is 13.2 Å². The van der Waals surface area contributed by atoms with Gasteiger partial charge >= 0.3 is 0 Å². The summed E-state index contributed by atoms with van der Waals surface area (Å²) in [4.78, 5) is 13.5. The minimum Gasteiger partial charge on any atom is -0.273 e. The minimum absolute atomic E-state index is 0.0580. The van der Waals surface area contributed by atoms with Gasteiger partial charge in [0.25, 0.3) is 10.0 Å². The summed E-state index contributed by atoms with van der Waals surface area (Å²) in [5, 5.41) is 0. The summed E-state index contributed by atoms with van der Waals surface area (Å²) in [5.41, 5.74) is 5.05. The summed E-state index contributed by atoms with van der Waals surface area (Å²) in [6.07, 6.45) is 0.361. The SMILES string of the molecule is Cc1ccccc1CC(C(=O)NS(=O)(=O)c1ccc(C(C)(C)C)cc1)c1ccc2nsnc2c1. The smallest absolute Gasteiger partial charge is 0.264 e. The Kier molecular flexibility index (Phi) is 6.55. The molecule has 0 radical (unpaired) electrons. The lowest BCUT2D eigenvalue weighted by molar-refractivity contribution is -0.120. The Balaban J connectivity index is 1.66. The third-order valence-corrected chi connectivity index (χ3v) is 7.87. The van der Waals surface area contributed by atoms with E-state index in [0.717, 1.165) is 33.9 Å². The van der Waals surface area contributed by atoms with Gasteiger partial charge in [0.15, 0.2) is 0 Å². The Morgan fingerprint density at radius 1 is 0.971 bits per heavy atom. The van der Waals surface area contributed by atoms with Crippen molar-refractivity contribution in [1.29, 1.82) is 0 Å². The molecule has 0 bridgehead atoms. The molecule has 8 heteroatoms. The Bertz CT molecular complexity index is 1440. The van der Waals surface area contributed by atoms with Crippen molar-refractivity contribution >= 4 is 38.7 Å². The second kappa shape index (κ2) is 9.27. The maximum absolute atomic E-state index is 13.4. The first-order chi connectivity index (χ1) is 16.0. The first-order valence-corrected chi connectivity index (χ1v) is 13.2. The minimum atomic E-state index is -4.03. The Morgan fingerprint density at radius 3 is 2.32 bits per heavy atom. The molecule has 1 N–H and O–H groups in total. The molecule has 1 unspecified atom stereocenters. The Hall–Kier alpha value is -3.10. The molecule has 176 valence electrons. The average Bonchev–Trinajstić information content (AvgIpc) is 3.25. The first kappa shape index (κ1) is 24.0. The van der Waals surface area contributed by atoms with Crippen LogP contribution in [-0.4, -0.2) is 23.1 Å². The van der Waals surface area contributed by atoms with Crippen molar-refractivity contribution in [2.24, 2.45) is 0 Å². The predicted molar refractivity (Wildman–Crippen MR) is 136 cm³/mol. The Labute approximate surface area is 204 Å². The number of carbonyl (C=O) groups is 1. The van der Waals surface area contributed by atoms with Crippen LogP contribution in [0, 0.1) is 6.92 Å². The van der Waals surface area contributed by atoms with Gasteiger partial charge < -0.3 is 0 Å². The zero-order chi connectivity index (χ0) is 24.5. The maximum Gasteiger partial charge on any atom is 0.264 e. The summed E-state index contributed by atoms with van der Waals surface area (Å²) >= 11 is 1.10. The van der Waals surface area contributed by atoms with E-state index in [0.29, 0.717) is 17.5 Å². The van der Waals surface area contributed by atoms with Gasteiger partial charge in [0.2, 0.25) is 5.91 Å². The molecule has 34 heavy (non-hydrogen) atoms. The molecule has 6 nitrogen and oxygen atoms in total. The van der Waals surface area contributed by atoms with Crippen molar-refractivity contribution in [3.8, 4) is 0 Å². The third-order valence-electron chi connectivity index (χ3n) is 5.95. The van der Waals surface area contributed by atoms with Crippen LogP contribution in [0.2, 0.25) is 0 Å². The van der Waals surface area contributed by atoms with Crippen LogP contribution in [0.1, 0.15) is 48.9 Å². The van der Waals surface area contributed by atoms with Crippen molar-refractivity contribution in [3.05, 3.63) is 89.0 Å². The summed E-state index contributed by atoms with van der Waals surface area (Å²) < 4.78 is 37.0. The number of amides is 1. The van der Waals surface area contributed by atoms with Gasteiger partial charge in [-0.2, -0.15) is 8.75 Å². The maximum atomic E-state index is 13.4. The van der Waals surface area contributed by atoms with Crippen LogP contribution in [-0.2, 0) is 26.7 Å². The summed E-state index contributed by atoms with van der Waals surface area (Å²) in [6, 6.07) is 19.9. The predicted octanol–water partition coefficient (Wildman–Crippen LogP) is 5.13. The second-order valence-corrected chi connectivity index (χ2v) is 11.7. The third kappa shape index (κ3) is 5.18. The molecular formula is C26H27N3O3S2. The van der Waals surface area contributed by atoms with Crippen molar-refractivity contribution < 1.29 is 13.2 Å². The number of carbonyl (C=O) groups excluding carboxylic acids is 1. The highest BCUT2D eigenvalue weighted by Gasteiger charge is 2.27. The molecule has 0 saturated carbocycles. The van der Waals surface area contributed by atoms with Crippen LogP contribution in [0.25, 0.3) is 11.0 Å². The fraction of sp³-hybridized carbons (Fsp3) is 0.269. The number of benzene rings is 3. The number of nitrogens with zero attached hydrogens (tertiary/aromatic N) is 2. The van der Waals surface area contributed by atoms with Crippen LogP contribution in [0.3, 0.4) is 0 Å². The number of aryl methyl sites for hydroxylation is 1. The number of nitrogens with one attached hydrogen (secondary N) is 1. The largest absolute Gasteiger partial charge is 0.273 e. The monoisotopic (exact) mass is 493 g/mol. The van der Waals surface area contributed by atoms with Gasteiger partial charge in [-0.3, -0.25) is 4.79 Å². The van der Waals surface area contributed by atoms with E-state index in [1.54, 1.807) is 24.3 Å². The highest BCUT2D eigenvalue weighted by atomic mass is 32.2. The fourth-order valence-electron chi connectivity index (χ4n) is 3.83. The van der Waals surface area contributed by atoms with Crippen LogP contribution in [0.15, 0.2) is 71.6 Å². The normalized spacial score (nSPS) is 13.1. The fourth-order valence-corrected chi connectivity index (χ4v) is 5.37. The van der Waals surface area contributed by atoms with Crippen molar-refractivity contribution in [3.63, 3.8) is 0 Å². The quantitative estimate of drug-likeness (QED) is 0.402. The van der Waals surface area contributed by atoms with Crippen LogP contribution >= 0.6 is 11.7 Å². The number of fused-ring (bicyclic) bond motifs is 1. The van der Waals surface area contributed by atoms with Gasteiger partial charge in [-0.1, -0.05) is 63.2 Å². The molecule has 1 heterocycles. The van der Waals surface area contributed by atoms with Gasteiger partial charge in [-0.25, -0.2) is 13.1 Å². The summed E-state index contributed by atoms with van der Waals surface area (Å²) in [5.74, 6) is -1.29. The summed E-state index contributed by atoms with van der Waals surface area (Å²) in [7, 11) is -4.03. The van der Waals surface area contributed by atoms with E-state index >= 15 is 0 Å². The van der Waals surface area contributed by atoms with E-state index < -0.39 is 21.8 Å². The van der Waals surface area contributed by atoms with Gasteiger partial charge in [0.1, 0.15) is 11.0 Å². The van der Waals surface area contributed by atoms with Gasteiger partial charge in [-0.15, -0.1) is 0 Å². The molecule has 0 saturated heterocycles. The number of rotatable bonds is 6. The number of sulfonamides is 1. The van der Waals surface area contributed by atoms with Crippen LogP contribution in [0.4, 0.5) is 0 Å². The van der Waals surface area contributed by atoms with E-state index in [1.807, 2.05) is 49.4 Å². The van der Waals surface area contributed by atoms with Gasteiger partial charge in [0.05, 0.1) is 22.5 Å². The van der Waals surface area contributed by atoms with E-state index in [2.05, 4.69) is 34.2 Å². The molecule has 1 amide bonds. The average molecular weight is 494 g/mol. The molecule has 1 aromatic heterocycles. The molecular weight excluding hydrogens is 466 g/mol. The zero-order valence-electron chi connectivity index (χ0n) is 19.6. The first-order valence-electron chi connectivity index (χ1n) is 11.0. The topological polar surface area (TPSA) is 89.0 Å². The van der Waals surface area contributed by atoms with E-state index in [1.165, 1.54) is 0 Å². The molecule has 0 spiro atoms. The lowest BCUT2D eigenvalue weighted by Crippen LogP contribution is -2.35. The number of hydrogen-bond donors (Lipinski definition) is 1. The van der Waals surface area contributed by atoms with Crippen molar-refractivity contribution in [2.45, 2.75) is 50.3 Å². The molecule has 0 aliphatic rings. The van der Waals surface area contributed by atoms with Crippen LogP contribution in [0.5, 0.6) is 0 Å². The van der Waals surface area contributed by atoms with Crippen molar-refractivity contribution in [1.82, 2.24) is 13.5 Å².